The molecule has 4 atom stereocenters. The molecule has 1 aromatic heterocycles. The maximum atomic E-state index is 12.8. The second-order valence-corrected chi connectivity index (χ2v) is 12.4. The first-order chi connectivity index (χ1) is 20.3. The summed E-state index contributed by atoms with van der Waals surface area (Å²) in [6.07, 6.45) is 1.65. The van der Waals surface area contributed by atoms with Crippen LogP contribution < -0.4 is 4.72 Å². The number of pyridine rings is 1. The van der Waals surface area contributed by atoms with Crippen molar-refractivity contribution in [2.24, 2.45) is 5.92 Å². The predicted molar refractivity (Wildman–Crippen MR) is 162 cm³/mol. The average molecular weight is 588 g/mol. The van der Waals surface area contributed by atoms with Crippen LogP contribution in [0.2, 0.25) is 0 Å². The van der Waals surface area contributed by atoms with Gasteiger partial charge in [-0.15, -0.1) is 0 Å². The Hall–Kier alpha value is -3.60. The van der Waals surface area contributed by atoms with Crippen LogP contribution in [0, 0.1) is 5.92 Å². The van der Waals surface area contributed by atoms with Crippen LogP contribution in [0.15, 0.2) is 108 Å². The summed E-state index contributed by atoms with van der Waals surface area (Å²) in [5.74, 6) is 0.0514. The smallest absolute Gasteiger partial charge is 0.261 e. The summed E-state index contributed by atoms with van der Waals surface area (Å²) in [5, 5.41) is 9.51. The molecule has 2 heterocycles. The van der Waals surface area contributed by atoms with Crippen molar-refractivity contribution in [3.8, 4) is 0 Å². The van der Waals surface area contributed by atoms with Crippen molar-refractivity contribution >= 4 is 15.7 Å². The number of sulfonamides is 1. The molecule has 42 heavy (non-hydrogen) atoms. The molecule has 0 spiro atoms. The van der Waals surface area contributed by atoms with Gasteiger partial charge in [-0.2, -0.15) is 0 Å². The first kappa shape index (κ1) is 29.9. The van der Waals surface area contributed by atoms with Gasteiger partial charge in [0.05, 0.1) is 23.7 Å². The summed E-state index contributed by atoms with van der Waals surface area (Å²) < 4.78 is 41.3. The van der Waals surface area contributed by atoms with Gasteiger partial charge in [-0.25, -0.2) is 8.42 Å². The second-order valence-electron chi connectivity index (χ2n) is 10.7. The molecule has 1 fully saturated rings. The van der Waals surface area contributed by atoms with Gasteiger partial charge in [0.1, 0.15) is 0 Å². The number of nitrogens with one attached hydrogen (secondary N) is 1. The topological polar surface area (TPSA) is 101 Å². The Bertz CT molecular complexity index is 1520. The van der Waals surface area contributed by atoms with Crippen LogP contribution in [0.25, 0.3) is 0 Å². The summed E-state index contributed by atoms with van der Waals surface area (Å²) in [6, 6.07) is 29.2. The highest BCUT2D eigenvalue weighted by atomic mass is 32.2. The molecule has 1 aliphatic heterocycles. The Kier molecular flexibility index (Phi) is 9.66. The Morgan fingerprint density at radius 3 is 2.24 bits per heavy atom. The van der Waals surface area contributed by atoms with Crippen molar-refractivity contribution < 1.29 is 23.0 Å². The van der Waals surface area contributed by atoms with Crippen LogP contribution >= 0.6 is 0 Å². The Balaban J connectivity index is 1.33. The average Bonchev–Trinajstić information content (AvgIpc) is 3.02. The van der Waals surface area contributed by atoms with Gasteiger partial charge in [-0.3, -0.25) is 9.71 Å². The lowest BCUT2D eigenvalue weighted by Crippen LogP contribution is -2.43. The van der Waals surface area contributed by atoms with Crippen LogP contribution in [-0.4, -0.2) is 49.6 Å². The maximum Gasteiger partial charge on any atom is 0.261 e. The lowest BCUT2D eigenvalue weighted by Gasteiger charge is -2.42. The molecular weight excluding hydrogens is 550 g/mol. The molecule has 5 rings (SSSR count). The van der Waals surface area contributed by atoms with Crippen molar-refractivity contribution in [3.63, 3.8) is 0 Å². The number of anilines is 1. The lowest BCUT2D eigenvalue weighted by molar-refractivity contribution is -0.275. The van der Waals surface area contributed by atoms with Crippen molar-refractivity contribution in [2.75, 3.05) is 24.9 Å². The monoisotopic (exact) mass is 587 g/mol. The van der Waals surface area contributed by atoms with E-state index >= 15 is 0 Å². The SMILES string of the molecule is C[C@H]1[C@@H](CN(C)CCc2ccccn2)O[C@@H](c2ccc(NS(=O)(=O)c3ccccc3)cc2)O[C@H]1c1ccc(CO)cc1. The van der Waals surface area contributed by atoms with Crippen LogP contribution in [0.4, 0.5) is 5.69 Å². The zero-order valence-corrected chi connectivity index (χ0v) is 24.7. The number of ether oxygens (including phenoxy) is 2. The molecule has 0 amide bonds. The molecule has 0 unspecified atom stereocenters. The highest BCUT2D eigenvalue weighted by Crippen LogP contribution is 2.42. The minimum absolute atomic E-state index is 0.0167. The third-order valence-electron chi connectivity index (χ3n) is 7.58. The Morgan fingerprint density at radius 1 is 0.881 bits per heavy atom. The van der Waals surface area contributed by atoms with Gasteiger partial charge >= 0.3 is 0 Å². The molecule has 220 valence electrons. The van der Waals surface area contributed by atoms with Crippen LogP contribution in [0.5, 0.6) is 0 Å². The van der Waals surface area contributed by atoms with Crippen LogP contribution in [0.1, 0.15) is 41.7 Å². The van der Waals surface area contributed by atoms with E-state index in [1.165, 1.54) is 0 Å². The van der Waals surface area contributed by atoms with Gasteiger partial charge in [0.15, 0.2) is 6.29 Å². The van der Waals surface area contributed by atoms with Gasteiger partial charge in [-0.05, 0) is 54.6 Å². The molecule has 0 aliphatic carbocycles. The number of benzene rings is 3. The molecule has 0 saturated carbocycles. The summed E-state index contributed by atoms with van der Waals surface area (Å²) >= 11 is 0. The van der Waals surface area contributed by atoms with Gasteiger partial charge in [0, 0.05) is 48.6 Å². The van der Waals surface area contributed by atoms with E-state index < -0.39 is 16.3 Å². The minimum Gasteiger partial charge on any atom is -0.392 e. The fraction of sp³-hybridized carbons (Fsp3) is 0.303. The summed E-state index contributed by atoms with van der Waals surface area (Å²) in [7, 11) is -1.61. The summed E-state index contributed by atoms with van der Waals surface area (Å²) in [6.45, 7) is 3.66. The highest BCUT2D eigenvalue weighted by molar-refractivity contribution is 7.92. The highest BCUT2D eigenvalue weighted by Gasteiger charge is 2.38. The van der Waals surface area contributed by atoms with E-state index in [1.54, 1.807) is 42.5 Å². The standard InChI is InChI=1S/C33H37N3O5S/c1-24-31(22-36(2)21-19-28-8-6-7-20-34-28)40-33(41-32(24)26-13-11-25(23-37)12-14-26)27-15-17-29(18-16-27)35-42(38,39)30-9-4-3-5-10-30/h3-18,20,24,31-33,35,37H,19,21-23H2,1-2H3/t24-,31+,32+,33+/m0/s1. The Labute approximate surface area is 248 Å². The molecule has 1 aliphatic rings. The van der Waals surface area contributed by atoms with Gasteiger partial charge < -0.3 is 19.5 Å². The third kappa shape index (κ3) is 7.42. The van der Waals surface area contributed by atoms with E-state index in [4.69, 9.17) is 9.47 Å². The van der Waals surface area contributed by atoms with E-state index in [1.807, 2.05) is 60.8 Å². The molecule has 3 aromatic carbocycles. The summed E-state index contributed by atoms with van der Waals surface area (Å²) in [4.78, 5) is 6.89. The number of aliphatic hydroxyl groups excluding tert-OH is 1. The maximum absolute atomic E-state index is 12.8. The fourth-order valence-electron chi connectivity index (χ4n) is 5.10. The van der Waals surface area contributed by atoms with Crippen molar-refractivity contribution in [2.45, 2.75) is 43.3 Å². The number of rotatable bonds is 11. The zero-order chi connectivity index (χ0) is 29.5. The fourth-order valence-corrected chi connectivity index (χ4v) is 6.18. The number of nitrogens with zero attached hydrogens (tertiary/aromatic N) is 2. The minimum atomic E-state index is -3.70. The molecular formula is C33H37N3O5S. The molecule has 4 aromatic rings. The third-order valence-corrected chi connectivity index (χ3v) is 8.98. The predicted octanol–water partition coefficient (Wildman–Crippen LogP) is 5.34. The first-order valence-electron chi connectivity index (χ1n) is 14.1. The van der Waals surface area contributed by atoms with E-state index in [0.29, 0.717) is 12.2 Å². The van der Waals surface area contributed by atoms with Gasteiger partial charge in [0.2, 0.25) is 0 Å². The Morgan fingerprint density at radius 2 is 1.57 bits per heavy atom. The quantitative estimate of drug-likeness (QED) is 0.244. The zero-order valence-electron chi connectivity index (χ0n) is 23.8. The van der Waals surface area contributed by atoms with E-state index in [9.17, 15) is 13.5 Å². The van der Waals surface area contributed by atoms with E-state index in [-0.39, 0.29) is 29.6 Å². The van der Waals surface area contributed by atoms with Crippen LogP contribution in [0.3, 0.4) is 0 Å². The van der Waals surface area contributed by atoms with Crippen molar-refractivity contribution in [1.29, 1.82) is 0 Å². The number of hydrogen-bond acceptors (Lipinski definition) is 7. The first-order valence-corrected chi connectivity index (χ1v) is 15.6. The molecule has 8 nitrogen and oxygen atoms in total. The van der Waals surface area contributed by atoms with Crippen LogP contribution in [-0.2, 0) is 32.5 Å². The number of aromatic nitrogens is 1. The molecule has 9 heteroatoms. The largest absolute Gasteiger partial charge is 0.392 e. The number of aliphatic hydroxyl groups is 1. The second kappa shape index (κ2) is 13.6. The van der Waals surface area contributed by atoms with Gasteiger partial charge in [0.25, 0.3) is 10.0 Å². The van der Waals surface area contributed by atoms with Gasteiger partial charge in [-0.1, -0.05) is 67.6 Å². The van der Waals surface area contributed by atoms with Crippen molar-refractivity contribution in [1.82, 2.24) is 9.88 Å². The molecule has 0 bridgehead atoms. The van der Waals surface area contributed by atoms with E-state index in [0.717, 1.165) is 35.3 Å². The molecule has 0 radical (unpaired) electrons. The lowest BCUT2D eigenvalue weighted by atomic mass is 9.90. The molecule has 2 N–H and O–H groups in total. The normalized spacial score (nSPS) is 20.9. The van der Waals surface area contributed by atoms with Crippen molar-refractivity contribution in [3.05, 3.63) is 126 Å². The number of hydrogen-bond donors (Lipinski definition) is 2. The summed E-state index contributed by atoms with van der Waals surface area (Å²) in [5.41, 5.74) is 4.15. The molecule has 1 saturated heterocycles. The van der Waals surface area contributed by atoms with E-state index in [2.05, 4.69) is 28.6 Å². The number of likely N-dealkylation sites (N-methyl/N-ethyl adjacent to an activating group) is 1.